The van der Waals surface area contributed by atoms with Crippen molar-refractivity contribution in [1.29, 1.82) is 0 Å². The summed E-state index contributed by atoms with van der Waals surface area (Å²) < 4.78 is 12.1. The molecule has 0 saturated heterocycles. The van der Waals surface area contributed by atoms with Crippen molar-refractivity contribution in [2.45, 2.75) is 0 Å². The first kappa shape index (κ1) is 59.0. The van der Waals surface area contributed by atoms with Crippen LogP contribution in [0.25, 0.3) is 0 Å². The fourth-order valence-corrected chi connectivity index (χ4v) is 26.1. The van der Waals surface area contributed by atoms with Gasteiger partial charge in [-0.3, -0.25) is 9.49 Å². The fraction of sp³-hybridized carbons (Fsp3) is 0.111. The van der Waals surface area contributed by atoms with Crippen molar-refractivity contribution in [2.24, 2.45) is 9.49 Å². The van der Waals surface area contributed by atoms with Gasteiger partial charge in [-0.1, -0.05) is 194 Å². The molecule has 8 aromatic carbocycles. The monoisotopic (exact) mass is 1210 g/mol. The number of benzene rings is 8. The van der Waals surface area contributed by atoms with Crippen LogP contribution in [0.2, 0.25) is 0 Å². The number of rotatable bonds is 15. The average Bonchev–Trinajstić information content (AvgIpc) is 3.37. The molecular formula is C54H54Br2Cl4N2NiP4+2. The fourth-order valence-electron chi connectivity index (χ4n) is 7.93. The first-order valence-corrected chi connectivity index (χ1v) is 30.5. The topological polar surface area (TPSA) is 24.7 Å². The molecule has 0 N–H and O–H groups in total. The smallest absolute Gasteiger partial charge is 1.00 e. The minimum Gasteiger partial charge on any atom is -1.00 e. The van der Waals surface area contributed by atoms with Crippen LogP contribution < -0.4 is 76.4 Å². The van der Waals surface area contributed by atoms with Crippen LogP contribution in [-0.2, 0) is 16.5 Å². The maximum absolute atomic E-state index is 6.04. The molecule has 0 saturated carbocycles. The molecule has 0 atom stereocenters. The van der Waals surface area contributed by atoms with E-state index in [1.807, 2.05) is 0 Å². The molecule has 0 bridgehead atoms. The Bertz CT molecular complexity index is 2280. The SMILES string of the molecule is ClCCl.ClCCl.[Br-].[Br-].[Ni+2].c1ccc([PH+](CP(=NCCN=P(C[PH+](c2ccccc2)c2ccccc2)(c2ccccc2)c2ccccc2)(c2ccccc2)c2ccccc2)c2ccccc2)cc1. The summed E-state index contributed by atoms with van der Waals surface area (Å²) in [5.41, 5.74) is 0. The number of hydrogen-bond acceptors (Lipinski definition) is 2. The van der Waals surface area contributed by atoms with E-state index in [0.717, 1.165) is 11.8 Å². The van der Waals surface area contributed by atoms with E-state index in [2.05, 4.69) is 243 Å². The molecule has 67 heavy (non-hydrogen) atoms. The van der Waals surface area contributed by atoms with Crippen LogP contribution in [0.5, 0.6) is 0 Å². The molecule has 8 rings (SSSR count). The Labute approximate surface area is 452 Å². The molecule has 13 heteroatoms. The van der Waals surface area contributed by atoms with Gasteiger partial charge in [0.15, 0.2) is 0 Å². The van der Waals surface area contributed by atoms with Gasteiger partial charge in [-0.2, -0.15) is 0 Å². The van der Waals surface area contributed by atoms with E-state index in [1.165, 1.54) is 42.4 Å². The number of alkyl halides is 4. The molecule has 0 amide bonds. The third-order valence-corrected chi connectivity index (χ3v) is 27.1. The molecular weight excluding hydrogens is 1160 g/mol. The van der Waals surface area contributed by atoms with Crippen LogP contribution in [0.1, 0.15) is 0 Å². The summed E-state index contributed by atoms with van der Waals surface area (Å²) in [6.07, 6.45) is 0. The Morgan fingerprint density at radius 3 is 0.642 bits per heavy atom. The summed E-state index contributed by atoms with van der Waals surface area (Å²) in [6, 6.07) is 89.5. The normalized spacial score (nSPS) is 10.7. The Morgan fingerprint density at radius 2 is 0.463 bits per heavy atom. The van der Waals surface area contributed by atoms with Crippen molar-refractivity contribution < 1.29 is 50.5 Å². The van der Waals surface area contributed by atoms with Gasteiger partial charge >= 0.3 is 16.5 Å². The average molecular weight is 1220 g/mol. The zero-order chi connectivity index (χ0) is 44.7. The van der Waals surface area contributed by atoms with Gasteiger partial charge in [-0.05, 0) is 69.7 Å². The first-order valence-electron chi connectivity index (χ1n) is 21.1. The van der Waals surface area contributed by atoms with Crippen molar-refractivity contribution in [3.05, 3.63) is 243 Å². The van der Waals surface area contributed by atoms with Crippen LogP contribution in [0, 0.1) is 0 Å². The van der Waals surface area contributed by atoms with Crippen molar-refractivity contribution in [3.8, 4) is 0 Å². The second-order valence-electron chi connectivity index (χ2n) is 14.6. The van der Waals surface area contributed by atoms with Gasteiger partial charge in [0.25, 0.3) is 0 Å². The van der Waals surface area contributed by atoms with Gasteiger partial charge in [0.05, 0.1) is 74.9 Å². The zero-order valence-electron chi connectivity index (χ0n) is 36.7. The third-order valence-electron chi connectivity index (χ3n) is 10.8. The zero-order valence-corrected chi connectivity index (χ0v) is 47.7. The van der Waals surface area contributed by atoms with E-state index >= 15 is 0 Å². The van der Waals surface area contributed by atoms with E-state index in [9.17, 15) is 0 Å². The summed E-state index contributed by atoms with van der Waals surface area (Å²) in [5, 5.41) is 11.4. The standard InChI is InChI=1S/C52H48N2P4.2CH2Cl2.2BrH.Ni/c1-9-25-45(26-10-1)55(46-27-11-2-12-28-46)43-57(49-33-17-5-18-34-49,50-35-19-6-20-36-50)53-41-42-54-58(51-37-21-7-22-38-51,52-39-23-8-24-40-52)44-56(47-29-13-3-14-30-47)48-31-15-4-16-32-48;2*2-1-3;;;/h1-40H,41-44H2;2*1H2;2*1H;/q;;;;;+2. The Kier molecular flexibility index (Phi) is 28.7. The number of nitrogens with zero attached hydrogens (tertiary/aromatic N) is 2. The van der Waals surface area contributed by atoms with Crippen molar-refractivity contribution in [3.63, 3.8) is 0 Å². The molecule has 0 unspecified atom stereocenters. The Hall–Kier alpha value is -2.31. The molecule has 2 nitrogen and oxygen atoms in total. The molecule has 0 spiro atoms. The predicted molar refractivity (Wildman–Crippen MR) is 297 cm³/mol. The van der Waals surface area contributed by atoms with Crippen molar-refractivity contribution in [2.75, 3.05) is 35.6 Å². The molecule has 0 radical (unpaired) electrons. The summed E-state index contributed by atoms with van der Waals surface area (Å²) in [5.74, 6) is 1.99. The summed E-state index contributed by atoms with van der Waals surface area (Å²) in [6.45, 7) is 1.30. The molecule has 0 aliphatic heterocycles. The molecule has 0 fully saturated rings. The maximum Gasteiger partial charge on any atom is 2.00 e. The van der Waals surface area contributed by atoms with Crippen molar-refractivity contribution in [1.82, 2.24) is 0 Å². The van der Waals surface area contributed by atoms with Crippen LogP contribution in [0.4, 0.5) is 0 Å². The van der Waals surface area contributed by atoms with Gasteiger partial charge < -0.3 is 34.0 Å². The summed E-state index contributed by atoms with van der Waals surface area (Å²) in [4.78, 5) is 0. The molecule has 350 valence electrons. The van der Waals surface area contributed by atoms with E-state index in [1.54, 1.807) is 0 Å². The predicted octanol–water partition coefficient (Wildman–Crippen LogP) is 7.18. The molecule has 0 aliphatic carbocycles. The first-order chi connectivity index (χ1) is 31.6. The van der Waals surface area contributed by atoms with Gasteiger partial charge in [-0.15, -0.1) is 46.4 Å². The van der Waals surface area contributed by atoms with Gasteiger partial charge in [-0.25, -0.2) is 0 Å². The third kappa shape index (κ3) is 16.6. The molecule has 0 heterocycles. The summed E-state index contributed by atoms with van der Waals surface area (Å²) >= 11 is 19.1. The van der Waals surface area contributed by atoms with Crippen LogP contribution in [-0.4, -0.2) is 35.6 Å². The van der Waals surface area contributed by atoms with E-state index in [4.69, 9.17) is 55.9 Å². The second-order valence-corrected chi connectivity index (χ2v) is 28.6. The van der Waals surface area contributed by atoms with Crippen LogP contribution in [0.3, 0.4) is 0 Å². The van der Waals surface area contributed by atoms with E-state index in [0.29, 0.717) is 13.1 Å². The largest absolute Gasteiger partial charge is 2.00 e. The van der Waals surface area contributed by atoms with Crippen LogP contribution >= 0.6 is 76.4 Å². The van der Waals surface area contributed by atoms with Crippen molar-refractivity contribution >= 4 is 119 Å². The minimum atomic E-state index is -2.31. The number of halogens is 6. The van der Waals surface area contributed by atoms with E-state index in [-0.39, 0.29) is 61.1 Å². The van der Waals surface area contributed by atoms with Gasteiger partial charge in [0.1, 0.15) is 11.8 Å². The van der Waals surface area contributed by atoms with Crippen LogP contribution in [0.15, 0.2) is 252 Å². The maximum atomic E-state index is 6.04. The Balaban J connectivity index is 0.00000126. The van der Waals surface area contributed by atoms with Gasteiger partial charge in [0, 0.05) is 0 Å². The van der Waals surface area contributed by atoms with Gasteiger partial charge in [0.2, 0.25) is 0 Å². The Morgan fingerprint density at radius 1 is 0.299 bits per heavy atom. The summed E-state index contributed by atoms with van der Waals surface area (Å²) in [7, 11) is -7.10. The molecule has 8 aromatic rings. The second kappa shape index (κ2) is 32.6. The number of hydrogen-bond donors (Lipinski definition) is 0. The quantitative estimate of drug-likeness (QED) is 0.0451. The molecule has 0 aromatic heterocycles. The minimum absolute atomic E-state index is 0. The molecule has 0 aliphatic rings. The van der Waals surface area contributed by atoms with E-state index < -0.39 is 30.0 Å².